The highest BCUT2D eigenvalue weighted by atomic mass is 16.2. The van der Waals surface area contributed by atoms with Crippen LogP contribution in [0.1, 0.15) is 29.8 Å². The maximum absolute atomic E-state index is 11.5. The molecule has 2 aromatic heterocycles. The van der Waals surface area contributed by atoms with Gasteiger partial charge in [-0.3, -0.25) is 4.79 Å². The summed E-state index contributed by atoms with van der Waals surface area (Å²) in [6, 6.07) is 3.76. The summed E-state index contributed by atoms with van der Waals surface area (Å²) < 4.78 is 1.80. The van der Waals surface area contributed by atoms with Gasteiger partial charge in [0.05, 0.1) is 5.69 Å². The van der Waals surface area contributed by atoms with Crippen LogP contribution >= 0.6 is 0 Å². The Balaban J connectivity index is 1.54. The number of nitrogens with zero attached hydrogens (tertiary/aromatic N) is 4. The van der Waals surface area contributed by atoms with Crippen molar-refractivity contribution in [2.45, 2.75) is 33.6 Å². The molecule has 0 saturated heterocycles. The molecule has 1 fully saturated rings. The Morgan fingerprint density at radius 2 is 2.00 bits per heavy atom. The Morgan fingerprint density at radius 3 is 2.57 bits per heavy atom. The molecule has 0 radical (unpaired) electrons. The Morgan fingerprint density at radius 1 is 1.22 bits per heavy atom. The Labute approximate surface area is 135 Å². The first-order valence-corrected chi connectivity index (χ1v) is 7.95. The number of rotatable bonds is 6. The van der Waals surface area contributed by atoms with Crippen LogP contribution in [0.5, 0.6) is 0 Å². The van der Waals surface area contributed by atoms with Crippen molar-refractivity contribution in [3.63, 3.8) is 0 Å². The molecule has 0 aromatic carbocycles. The number of carbonyl (C=O) groups excluding carboxylic acids is 1. The fraction of sp³-hybridized carbons (Fsp3) is 0.500. The monoisotopic (exact) mass is 314 g/mol. The average molecular weight is 314 g/mol. The molecule has 2 heterocycles. The Bertz CT molecular complexity index is 702. The third kappa shape index (κ3) is 3.49. The van der Waals surface area contributed by atoms with E-state index in [9.17, 15) is 4.79 Å². The van der Waals surface area contributed by atoms with Gasteiger partial charge in [-0.2, -0.15) is 5.10 Å². The summed E-state index contributed by atoms with van der Waals surface area (Å²) in [7, 11) is 0. The second kappa shape index (κ2) is 6.36. The second-order valence-electron chi connectivity index (χ2n) is 5.98. The molecule has 2 aromatic rings. The van der Waals surface area contributed by atoms with E-state index in [1.165, 1.54) is 5.56 Å². The number of aryl methyl sites for hydroxylation is 1. The number of anilines is 1. The first-order chi connectivity index (χ1) is 11.1. The van der Waals surface area contributed by atoms with Gasteiger partial charge < -0.3 is 10.6 Å². The van der Waals surface area contributed by atoms with E-state index in [1.54, 1.807) is 4.68 Å². The molecule has 0 atom stereocenters. The molecular weight excluding hydrogens is 292 g/mol. The summed E-state index contributed by atoms with van der Waals surface area (Å²) >= 11 is 0. The van der Waals surface area contributed by atoms with E-state index in [1.807, 2.05) is 32.9 Å². The SMILES string of the molecule is Cc1nn(-c2ccc(NCCNC(=O)C3CC3)nn2)c(C)c1C. The van der Waals surface area contributed by atoms with Crippen LogP contribution in [-0.4, -0.2) is 39.0 Å². The van der Waals surface area contributed by atoms with E-state index >= 15 is 0 Å². The van der Waals surface area contributed by atoms with E-state index in [-0.39, 0.29) is 11.8 Å². The highest BCUT2D eigenvalue weighted by molar-refractivity contribution is 5.80. The molecule has 0 aliphatic heterocycles. The Hall–Kier alpha value is -2.44. The summed E-state index contributed by atoms with van der Waals surface area (Å²) in [6.45, 7) is 7.28. The average Bonchev–Trinajstić information content (AvgIpc) is 3.37. The van der Waals surface area contributed by atoms with Crippen LogP contribution in [0.4, 0.5) is 5.82 Å². The van der Waals surface area contributed by atoms with Crippen molar-refractivity contribution in [2.75, 3.05) is 18.4 Å². The standard InChI is InChI=1S/C16H22N6O/c1-10-11(2)21-22(12(10)3)15-7-6-14(19-20-15)17-8-9-18-16(23)13-4-5-13/h6-7,13H,4-5,8-9H2,1-3H3,(H,17,19)(H,18,23). The molecule has 2 N–H and O–H groups in total. The molecule has 1 amide bonds. The van der Waals surface area contributed by atoms with Crippen LogP contribution in [0.15, 0.2) is 12.1 Å². The van der Waals surface area contributed by atoms with Gasteiger partial charge in [-0.1, -0.05) is 0 Å². The van der Waals surface area contributed by atoms with Gasteiger partial charge in [0.2, 0.25) is 5.91 Å². The number of nitrogens with one attached hydrogen (secondary N) is 2. The number of carbonyl (C=O) groups is 1. The van der Waals surface area contributed by atoms with Gasteiger partial charge in [0.15, 0.2) is 5.82 Å². The zero-order valence-corrected chi connectivity index (χ0v) is 13.8. The number of hydrogen-bond acceptors (Lipinski definition) is 5. The van der Waals surface area contributed by atoms with E-state index in [0.717, 1.165) is 24.2 Å². The summed E-state index contributed by atoms with van der Waals surface area (Å²) in [6.07, 6.45) is 2.05. The highest BCUT2D eigenvalue weighted by Crippen LogP contribution is 2.28. The van der Waals surface area contributed by atoms with Crippen molar-refractivity contribution in [2.24, 2.45) is 5.92 Å². The molecule has 122 valence electrons. The molecule has 0 spiro atoms. The summed E-state index contributed by atoms with van der Waals surface area (Å²) in [4.78, 5) is 11.5. The van der Waals surface area contributed by atoms with Crippen molar-refractivity contribution in [1.82, 2.24) is 25.3 Å². The molecule has 0 bridgehead atoms. The minimum absolute atomic E-state index is 0.160. The number of aromatic nitrogens is 4. The second-order valence-corrected chi connectivity index (χ2v) is 5.98. The third-order valence-electron chi connectivity index (χ3n) is 4.20. The van der Waals surface area contributed by atoms with Crippen LogP contribution in [-0.2, 0) is 4.79 Å². The van der Waals surface area contributed by atoms with Gasteiger partial charge in [-0.15, -0.1) is 10.2 Å². The maximum atomic E-state index is 11.5. The summed E-state index contributed by atoms with van der Waals surface area (Å²) in [5.74, 6) is 1.80. The fourth-order valence-electron chi connectivity index (χ4n) is 2.34. The van der Waals surface area contributed by atoms with Crippen molar-refractivity contribution in [3.8, 4) is 5.82 Å². The molecule has 1 aliphatic carbocycles. The van der Waals surface area contributed by atoms with E-state index in [2.05, 4.69) is 25.9 Å². The smallest absolute Gasteiger partial charge is 0.223 e. The van der Waals surface area contributed by atoms with Crippen molar-refractivity contribution < 1.29 is 4.79 Å². The summed E-state index contributed by atoms with van der Waals surface area (Å²) in [5.41, 5.74) is 3.23. The van der Waals surface area contributed by atoms with Gasteiger partial charge in [-0.05, 0) is 51.3 Å². The molecule has 3 rings (SSSR count). The molecule has 7 nitrogen and oxygen atoms in total. The van der Waals surface area contributed by atoms with Gasteiger partial charge in [-0.25, -0.2) is 4.68 Å². The predicted molar refractivity (Wildman–Crippen MR) is 87.6 cm³/mol. The highest BCUT2D eigenvalue weighted by Gasteiger charge is 2.28. The predicted octanol–water partition coefficient (Wildman–Crippen LogP) is 1.53. The van der Waals surface area contributed by atoms with E-state index in [4.69, 9.17) is 0 Å². The maximum Gasteiger partial charge on any atom is 0.223 e. The zero-order valence-electron chi connectivity index (χ0n) is 13.8. The largest absolute Gasteiger partial charge is 0.367 e. The third-order valence-corrected chi connectivity index (χ3v) is 4.20. The molecule has 1 aliphatic rings. The molecule has 7 heteroatoms. The number of amides is 1. The van der Waals surface area contributed by atoms with Gasteiger partial charge in [0.1, 0.15) is 5.82 Å². The van der Waals surface area contributed by atoms with Crippen molar-refractivity contribution in [3.05, 3.63) is 29.1 Å². The van der Waals surface area contributed by atoms with Gasteiger partial charge in [0.25, 0.3) is 0 Å². The van der Waals surface area contributed by atoms with Crippen LogP contribution in [0.3, 0.4) is 0 Å². The quantitative estimate of drug-likeness (QED) is 0.790. The molecular formula is C16H22N6O. The zero-order chi connectivity index (χ0) is 16.4. The van der Waals surface area contributed by atoms with Crippen LogP contribution in [0.25, 0.3) is 5.82 Å². The molecule has 23 heavy (non-hydrogen) atoms. The molecule has 0 unspecified atom stereocenters. The van der Waals surface area contributed by atoms with Gasteiger partial charge >= 0.3 is 0 Å². The van der Waals surface area contributed by atoms with Crippen LogP contribution in [0, 0.1) is 26.7 Å². The lowest BCUT2D eigenvalue weighted by Crippen LogP contribution is -2.30. The van der Waals surface area contributed by atoms with Crippen LogP contribution in [0.2, 0.25) is 0 Å². The van der Waals surface area contributed by atoms with E-state index in [0.29, 0.717) is 24.7 Å². The van der Waals surface area contributed by atoms with Crippen LogP contribution < -0.4 is 10.6 Å². The topological polar surface area (TPSA) is 84.7 Å². The summed E-state index contributed by atoms with van der Waals surface area (Å²) in [5, 5.41) is 18.9. The lowest BCUT2D eigenvalue weighted by atomic mass is 10.2. The minimum atomic E-state index is 0.160. The number of hydrogen-bond donors (Lipinski definition) is 2. The molecule has 1 saturated carbocycles. The van der Waals surface area contributed by atoms with Gasteiger partial charge in [0, 0.05) is 24.7 Å². The fourth-order valence-corrected chi connectivity index (χ4v) is 2.34. The first kappa shape index (κ1) is 15.5. The Kier molecular flexibility index (Phi) is 4.27. The lowest BCUT2D eigenvalue weighted by Gasteiger charge is -2.07. The minimum Gasteiger partial charge on any atom is -0.367 e. The first-order valence-electron chi connectivity index (χ1n) is 7.95. The van der Waals surface area contributed by atoms with Crippen molar-refractivity contribution in [1.29, 1.82) is 0 Å². The van der Waals surface area contributed by atoms with E-state index < -0.39 is 0 Å². The normalized spacial score (nSPS) is 13.9. The van der Waals surface area contributed by atoms with Crippen molar-refractivity contribution >= 4 is 11.7 Å². The lowest BCUT2D eigenvalue weighted by molar-refractivity contribution is -0.122.